The highest BCUT2D eigenvalue weighted by molar-refractivity contribution is 4.84. The smallest absolute Gasteiger partial charge is 0.0651 e. The zero-order chi connectivity index (χ0) is 9.90. The fourth-order valence-corrected chi connectivity index (χ4v) is 2.31. The summed E-state index contributed by atoms with van der Waals surface area (Å²) in [5.41, 5.74) is -0.488. The van der Waals surface area contributed by atoms with Gasteiger partial charge in [0.2, 0.25) is 0 Å². The van der Waals surface area contributed by atoms with Gasteiger partial charge in [-0.1, -0.05) is 13.8 Å². The summed E-state index contributed by atoms with van der Waals surface area (Å²) in [6.07, 6.45) is 2.93. The minimum Gasteiger partial charge on any atom is -0.390 e. The van der Waals surface area contributed by atoms with Gasteiger partial charge >= 0.3 is 0 Å². The Morgan fingerprint density at radius 3 is 2.38 bits per heavy atom. The molecule has 0 aromatic heterocycles. The van der Waals surface area contributed by atoms with Gasteiger partial charge in [0.05, 0.1) is 5.60 Å². The van der Waals surface area contributed by atoms with Crippen LogP contribution in [0, 0.1) is 11.8 Å². The fraction of sp³-hybridized carbons (Fsp3) is 1.00. The molecule has 0 aliphatic carbocycles. The van der Waals surface area contributed by atoms with E-state index < -0.39 is 5.60 Å². The summed E-state index contributed by atoms with van der Waals surface area (Å²) in [4.78, 5) is 0. The van der Waals surface area contributed by atoms with Crippen LogP contribution >= 0.6 is 0 Å². The van der Waals surface area contributed by atoms with Crippen molar-refractivity contribution < 1.29 is 9.84 Å². The average molecular weight is 186 g/mol. The van der Waals surface area contributed by atoms with Crippen molar-refractivity contribution in [3.8, 4) is 0 Å². The molecule has 13 heavy (non-hydrogen) atoms. The topological polar surface area (TPSA) is 29.5 Å². The van der Waals surface area contributed by atoms with Gasteiger partial charge in [0.1, 0.15) is 0 Å². The van der Waals surface area contributed by atoms with Gasteiger partial charge in [-0.3, -0.25) is 0 Å². The zero-order valence-corrected chi connectivity index (χ0v) is 9.05. The molecule has 1 saturated heterocycles. The second kappa shape index (κ2) is 4.43. The van der Waals surface area contributed by atoms with Crippen LogP contribution in [-0.2, 0) is 4.74 Å². The van der Waals surface area contributed by atoms with Crippen LogP contribution in [0.5, 0.6) is 0 Å². The molecule has 0 amide bonds. The molecule has 1 aliphatic rings. The third-order valence-electron chi connectivity index (χ3n) is 2.92. The predicted octanol–water partition coefficient (Wildman–Crippen LogP) is 2.21. The van der Waals surface area contributed by atoms with Gasteiger partial charge < -0.3 is 9.84 Å². The van der Waals surface area contributed by atoms with Crippen LogP contribution in [0.2, 0.25) is 0 Å². The van der Waals surface area contributed by atoms with Crippen molar-refractivity contribution in [2.75, 3.05) is 13.2 Å². The number of hydrogen-bond acceptors (Lipinski definition) is 2. The standard InChI is InChI=1S/C11H22O2/c1-9(2)8-11(3,12)10-4-6-13-7-5-10/h9-10,12H,4-8H2,1-3H3. The summed E-state index contributed by atoms with van der Waals surface area (Å²) in [6.45, 7) is 7.93. The normalized spacial score (nSPS) is 24.7. The molecular weight excluding hydrogens is 164 g/mol. The van der Waals surface area contributed by atoms with E-state index >= 15 is 0 Å². The molecule has 1 fully saturated rings. The molecule has 0 radical (unpaired) electrons. The monoisotopic (exact) mass is 186 g/mol. The molecule has 1 rings (SSSR count). The van der Waals surface area contributed by atoms with E-state index in [1.807, 2.05) is 6.92 Å². The van der Waals surface area contributed by atoms with Crippen LogP contribution < -0.4 is 0 Å². The Kier molecular flexibility index (Phi) is 3.74. The second-order valence-corrected chi connectivity index (χ2v) is 4.84. The van der Waals surface area contributed by atoms with Crippen molar-refractivity contribution in [2.24, 2.45) is 11.8 Å². The van der Waals surface area contributed by atoms with Crippen LogP contribution in [0.1, 0.15) is 40.0 Å². The maximum absolute atomic E-state index is 10.3. The molecule has 1 unspecified atom stereocenters. The predicted molar refractivity (Wildman–Crippen MR) is 53.6 cm³/mol. The van der Waals surface area contributed by atoms with E-state index in [-0.39, 0.29) is 0 Å². The maximum Gasteiger partial charge on any atom is 0.0651 e. The highest BCUT2D eigenvalue weighted by Gasteiger charge is 2.33. The number of ether oxygens (including phenoxy) is 1. The largest absolute Gasteiger partial charge is 0.390 e. The molecule has 1 N–H and O–H groups in total. The van der Waals surface area contributed by atoms with Crippen molar-refractivity contribution in [1.29, 1.82) is 0 Å². The van der Waals surface area contributed by atoms with Gasteiger partial charge in [0.25, 0.3) is 0 Å². The molecular formula is C11H22O2. The SMILES string of the molecule is CC(C)CC(C)(O)C1CCOCC1. The first-order valence-corrected chi connectivity index (χ1v) is 5.32. The van der Waals surface area contributed by atoms with E-state index in [2.05, 4.69) is 13.8 Å². The summed E-state index contributed by atoms with van der Waals surface area (Å²) in [7, 11) is 0. The van der Waals surface area contributed by atoms with Gasteiger partial charge in [-0.25, -0.2) is 0 Å². The van der Waals surface area contributed by atoms with Crippen molar-refractivity contribution in [3.05, 3.63) is 0 Å². The Balaban J connectivity index is 2.45. The van der Waals surface area contributed by atoms with Crippen molar-refractivity contribution >= 4 is 0 Å². The molecule has 0 spiro atoms. The molecule has 2 heteroatoms. The first-order chi connectivity index (χ1) is 6.02. The van der Waals surface area contributed by atoms with Crippen LogP contribution in [0.15, 0.2) is 0 Å². The van der Waals surface area contributed by atoms with Crippen molar-refractivity contribution in [2.45, 2.75) is 45.6 Å². The summed E-state index contributed by atoms with van der Waals surface area (Å²) < 4.78 is 5.29. The van der Waals surface area contributed by atoms with Gasteiger partial charge in [0.15, 0.2) is 0 Å². The van der Waals surface area contributed by atoms with Crippen molar-refractivity contribution in [1.82, 2.24) is 0 Å². The van der Waals surface area contributed by atoms with Gasteiger partial charge in [-0.05, 0) is 38.0 Å². The third-order valence-corrected chi connectivity index (χ3v) is 2.92. The molecule has 0 aromatic rings. The molecule has 0 saturated carbocycles. The minimum atomic E-state index is -0.488. The lowest BCUT2D eigenvalue weighted by Crippen LogP contribution is -2.39. The molecule has 1 heterocycles. The second-order valence-electron chi connectivity index (χ2n) is 4.84. The van der Waals surface area contributed by atoms with Crippen LogP contribution in [0.3, 0.4) is 0 Å². The molecule has 78 valence electrons. The van der Waals surface area contributed by atoms with Gasteiger partial charge in [-0.2, -0.15) is 0 Å². The van der Waals surface area contributed by atoms with Crippen LogP contribution in [-0.4, -0.2) is 23.9 Å². The van der Waals surface area contributed by atoms with Gasteiger partial charge in [0, 0.05) is 13.2 Å². The van der Waals surface area contributed by atoms with E-state index in [4.69, 9.17) is 4.74 Å². The first kappa shape index (κ1) is 11.0. The maximum atomic E-state index is 10.3. The summed E-state index contributed by atoms with van der Waals surface area (Å²) in [5, 5.41) is 10.3. The van der Waals surface area contributed by atoms with Crippen LogP contribution in [0.4, 0.5) is 0 Å². The minimum absolute atomic E-state index is 0.434. The first-order valence-electron chi connectivity index (χ1n) is 5.32. The lowest BCUT2D eigenvalue weighted by atomic mass is 9.78. The van der Waals surface area contributed by atoms with Gasteiger partial charge in [-0.15, -0.1) is 0 Å². The van der Waals surface area contributed by atoms with E-state index in [9.17, 15) is 5.11 Å². The van der Waals surface area contributed by atoms with Crippen LogP contribution in [0.25, 0.3) is 0 Å². The highest BCUT2D eigenvalue weighted by atomic mass is 16.5. The fourth-order valence-electron chi connectivity index (χ4n) is 2.31. The number of rotatable bonds is 3. The lowest BCUT2D eigenvalue weighted by molar-refractivity contribution is -0.0646. The molecule has 2 nitrogen and oxygen atoms in total. The molecule has 1 atom stereocenters. The Labute approximate surface area is 81.3 Å². The summed E-state index contributed by atoms with van der Waals surface area (Å²) >= 11 is 0. The Hall–Kier alpha value is -0.0800. The summed E-state index contributed by atoms with van der Waals surface area (Å²) in [6, 6.07) is 0. The van der Waals surface area contributed by atoms with Crippen molar-refractivity contribution in [3.63, 3.8) is 0 Å². The van der Waals surface area contributed by atoms with E-state index in [1.54, 1.807) is 0 Å². The van der Waals surface area contributed by atoms with E-state index in [0.717, 1.165) is 32.5 Å². The highest BCUT2D eigenvalue weighted by Crippen LogP contribution is 2.32. The number of aliphatic hydroxyl groups is 1. The third kappa shape index (κ3) is 3.28. The average Bonchev–Trinajstić information content (AvgIpc) is 2.04. The van der Waals surface area contributed by atoms with E-state index in [0.29, 0.717) is 11.8 Å². The Bertz CT molecular complexity index is 146. The molecule has 0 bridgehead atoms. The zero-order valence-electron chi connectivity index (χ0n) is 9.05. The Morgan fingerprint density at radius 1 is 1.38 bits per heavy atom. The lowest BCUT2D eigenvalue weighted by Gasteiger charge is -2.36. The Morgan fingerprint density at radius 2 is 1.92 bits per heavy atom. The quantitative estimate of drug-likeness (QED) is 0.732. The molecule has 1 aliphatic heterocycles. The summed E-state index contributed by atoms with van der Waals surface area (Å²) in [5.74, 6) is 1.00. The number of hydrogen-bond donors (Lipinski definition) is 1. The van der Waals surface area contributed by atoms with E-state index in [1.165, 1.54) is 0 Å². The molecule has 0 aromatic carbocycles.